The van der Waals surface area contributed by atoms with E-state index in [0.29, 0.717) is 0 Å². The van der Waals surface area contributed by atoms with Gasteiger partial charge in [-0.05, 0) is 37.6 Å². The second kappa shape index (κ2) is 7.13. The number of hydrogen-bond donors (Lipinski definition) is 1. The van der Waals surface area contributed by atoms with E-state index in [1.807, 2.05) is 13.0 Å². The van der Waals surface area contributed by atoms with Crippen molar-refractivity contribution in [1.82, 2.24) is 10.3 Å². The minimum Gasteiger partial charge on any atom is -0.436 e. The van der Waals surface area contributed by atoms with Crippen LogP contribution in [0.15, 0.2) is 36.5 Å². The number of halogens is 2. The van der Waals surface area contributed by atoms with Crippen LogP contribution in [-0.2, 0) is 0 Å². The van der Waals surface area contributed by atoms with Gasteiger partial charge in [-0.15, -0.1) is 0 Å². The minimum absolute atomic E-state index is 0.0474. The quantitative estimate of drug-likeness (QED) is 0.866. The van der Waals surface area contributed by atoms with Crippen molar-refractivity contribution in [3.63, 3.8) is 0 Å². The predicted octanol–water partition coefficient (Wildman–Crippen LogP) is 4.21. The van der Waals surface area contributed by atoms with Gasteiger partial charge in [0, 0.05) is 24.4 Å². The first-order chi connectivity index (χ1) is 10.1. The highest BCUT2D eigenvalue weighted by Crippen LogP contribution is 2.24. The van der Waals surface area contributed by atoms with Crippen molar-refractivity contribution in [1.29, 1.82) is 0 Å². The summed E-state index contributed by atoms with van der Waals surface area (Å²) in [6.45, 7) is 5.08. The van der Waals surface area contributed by atoms with Gasteiger partial charge in [0.15, 0.2) is 11.6 Å². The lowest BCUT2D eigenvalue weighted by molar-refractivity contribution is 0.423. The molecule has 3 nitrogen and oxygen atoms in total. The number of hydrogen-bond acceptors (Lipinski definition) is 3. The minimum atomic E-state index is -0.751. The Labute approximate surface area is 123 Å². The van der Waals surface area contributed by atoms with Crippen molar-refractivity contribution in [2.45, 2.75) is 26.3 Å². The van der Waals surface area contributed by atoms with Gasteiger partial charge in [0.2, 0.25) is 5.88 Å². The largest absolute Gasteiger partial charge is 0.436 e. The number of nitrogens with one attached hydrogen (secondary N) is 1. The molecule has 0 saturated heterocycles. The predicted molar refractivity (Wildman–Crippen MR) is 77.4 cm³/mol. The summed E-state index contributed by atoms with van der Waals surface area (Å²) >= 11 is 0. The normalized spacial score (nSPS) is 12.2. The van der Waals surface area contributed by atoms with E-state index in [9.17, 15) is 8.78 Å². The Morgan fingerprint density at radius 1 is 1.24 bits per heavy atom. The Kier molecular flexibility index (Phi) is 5.22. The van der Waals surface area contributed by atoms with Crippen molar-refractivity contribution in [2.75, 3.05) is 6.54 Å². The molecular weight excluding hydrogens is 274 g/mol. The Hall–Kier alpha value is -2.01. The lowest BCUT2D eigenvalue weighted by Crippen LogP contribution is -2.19. The van der Waals surface area contributed by atoms with E-state index in [2.05, 4.69) is 17.2 Å². The Balaban J connectivity index is 2.05. The molecule has 5 heteroatoms. The van der Waals surface area contributed by atoms with Gasteiger partial charge >= 0.3 is 0 Å². The van der Waals surface area contributed by atoms with Gasteiger partial charge in [-0.2, -0.15) is 0 Å². The number of benzene rings is 1. The fourth-order valence-electron chi connectivity index (χ4n) is 1.86. The zero-order valence-corrected chi connectivity index (χ0v) is 12.1. The molecule has 2 rings (SSSR count). The van der Waals surface area contributed by atoms with Gasteiger partial charge < -0.3 is 10.1 Å². The van der Waals surface area contributed by atoms with Gasteiger partial charge in [-0.3, -0.25) is 0 Å². The van der Waals surface area contributed by atoms with E-state index >= 15 is 0 Å². The summed E-state index contributed by atoms with van der Waals surface area (Å²) in [5.74, 6) is -1.17. The summed E-state index contributed by atoms with van der Waals surface area (Å²) < 4.78 is 31.6. The van der Waals surface area contributed by atoms with Crippen molar-refractivity contribution in [2.24, 2.45) is 0 Å². The van der Waals surface area contributed by atoms with E-state index in [4.69, 9.17) is 4.74 Å². The molecule has 1 atom stereocenters. The zero-order valence-electron chi connectivity index (χ0n) is 12.1. The maximum atomic E-state index is 13.5. The van der Waals surface area contributed by atoms with E-state index in [1.165, 1.54) is 6.07 Å². The summed E-state index contributed by atoms with van der Waals surface area (Å²) in [6.07, 6.45) is 2.74. The SMILES string of the molecule is CCCNC(C)c1ccc(Oc2ccc(F)cc2F)nc1. The molecule has 0 fully saturated rings. The highest BCUT2D eigenvalue weighted by Gasteiger charge is 2.08. The molecule has 0 bridgehead atoms. The summed E-state index contributed by atoms with van der Waals surface area (Å²) in [4.78, 5) is 4.14. The molecule has 1 unspecified atom stereocenters. The van der Waals surface area contributed by atoms with Crippen molar-refractivity contribution >= 4 is 0 Å². The molecule has 0 aliphatic rings. The molecule has 0 saturated carbocycles. The van der Waals surface area contributed by atoms with Crippen LogP contribution in [0.5, 0.6) is 11.6 Å². The topological polar surface area (TPSA) is 34.1 Å². The van der Waals surface area contributed by atoms with E-state index in [0.717, 1.165) is 30.7 Å². The average molecular weight is 292 g/mol. The summed E-state index contributed by atoms with van der Waals surface area (Å²) in [5, 5.41) is 3.35. The molecule has 1 N–H and O–H groups in total. The summed E-state index contributed by atoms with van der Waals surface area (Å²) in [6, 6.07) is 6.89. The summed E-state index contributed by atoms with van der Waals surface area (Å²) in [5.41, 5.74) is 1.02. The van der Waals surface area contributed by atoms with Crippen molar-refractivity contribution in [3.05, 3.63) is 53.7 Å². The van der Waals surface area contributed by atoms with Crippen LogP contribution in [0.25, 0.3) is 0 Å². The number of rotatable bonds is 6. The van der Waals surface area contributed by atoms with Gasteiger partial charge in [0.05, 0.1) is 0 Å². The van der Waals surface area contributed by atoms with Crippen LogP contribution in [0.2, 0.25) is 0 Å². The molecular formula is C16H18F2N2O. The van der Waals surface area contributed by atoms with Gasteiger partial charge in [0.1, 0.15) is 5.82 Å². The van der Waals surface area contributed by atoms with E-state index in [-0.39, 0.29) is 17.7 Å². The number of nitrogens with zero attached hydrogens (tertiary/aromatic N) is 1. The average Bonchev–Trinajstić information content (AvgIpc) is 2.48. The van der Waals surface area contributed by atoms with Gasteiger partial charge in [0.25, 0.3) is 0 Å². The molecule has 112 valence electrons. The molecule has 21 heavy (non-hydrogen) atoms. The first-order valence-corrected chi connectivity index (χ1v) is 6.92. The first-order valence-electron chi connectivity index (χ1n) is 6.92. The molecule has 2 aromatic rings. The smallest absolute Gasteiger partial charge is 0.219 e. The standard InChI is InChI=1S/C16H18F2N2O/c1-3-8-19-11(2)12-4-7-16(20-10-12)21-15-6-5-13(17)9-14(15)18/h4-7,9-11,19H,3,8H2,1-2H3. The van der Waals surface area contributed by atoms with Crippen molar-refractivity contribution in [3.8, 4) is 11.6 Å². The molecule has 1 aromatic carbocycles. The van der Waals surface area contributed by atoms with Crippen LogP contribution in [0.3, 0.4) is 0 Å². The number of ether oxygens (including phenoxy) is 1. The third-order valence-electron chi connectivity index (χ3n) is 3.07. The van der Waals surface area contributed by atoms with Gasteiger partial charge in [-0.25, -0.2) is 13.8 Å². The molecule has 0 aliphatic carbocycles. The van der Waals surface area contributed by atoms with Crippen LogP contribution >= 0.6 is 0 Å². The zero-order chi connectivity index (χ0) is 15.2. The van der Waals surface area contributed by atoms with Crippen LogP contribution in [-0.4, -0.2) is 11.5 Å². The molecule has 0 amide bonds. The van der Waals surface area contributed by atoms with Crippen molar-refractivity contribution < 1.29 is 13.5 Å². The summed E-state index contributed by atoms with van der Waals surface area (Å²) in [7, 11) is 0. The lowest BCUT2D eigenvalue weighted by atomic mass is 10.1. The maximum Gasteiger partial charge on any atom is 0.219 e. The van der Waals surface area contributed by atoms with Crippen LogP contribution in [0, 0.1) is 11.6 Å². The second-order valence-corrected chi connectivity index (χ2v) is 4.78. The number of pyridine rings is 1. The fourth-order valence-corrected chi connectivity index (χ4v) is 1.86. The van der Waals surface area contributed by atoms with E-state index in [1.54, 1.807) is 12.3 Å². The second-order valence-electron chi connectivity index (χ2n) is 4.78. The van der Waals surface area contributed by atoms with Crippen LogP contribution in [0.1, 0.15) is 31.9 Å². The highest BCUT2D eigenvalue weighted by molar-refractivity contribution is 5.30. The molecule has 0 radical (unpaired) electrons. The lowest BCUT2D eigenvalue weighted by Gasteiger charge is -2.13. The monoisotopic (exact) mass is 292 g/mol. The van der Waals surface area contributed by atoms with Gasteiger partial charge in [-0.1, -0.05) is 13.0 Å². The maximum absolute atomic E-state index is 13.5. The Morgan fingerprint density at radius 2 is 2.05 bits per heavy atom. The third kappa shape index (κ3) is 4.23. The Morgan fingerprint density at radius 3 is 2.67 bits per heavy atom. The molecule has 0 aliphatic heterocycles. The first kappa shape index (κ1) is 15.4. The van der Waals surface area contributed by atoms with E-state index < -0.39 is 11.6 Å². The molecule has 1 aromatic heterocycles. The highest BCUT2D eigenvalue weighted by atomic mass is 19.1. The van der Waals surface area contributed by atoms with Crippen LogP contribution < -0.4 is 10.1 Å². The molecule has 0 spiro atoms. The third-order valence-corrected chi connectivity index (χ3v) is 3.07. The number of aromatic nitrogens is 1. The Bertz CT molecular complexity index is 587. The molecule has 1 heterocycles. The van der Waals surface area contributed by atoms with Crippen LogP contribution in [0.4, 0.5) is 8.78 Å². The fraction of sp³-hybridized carbons (Fsp3) is 0.312.